The summed E-state index contributed by atoms with van der Waals surface area (Å²) in [6.45, 7) is 1.15. The van der Waals surface area contributed by atoms with E-state index in [-0.39, 0.29) is 6.10 Å². The average Bonchev–Trinajstić information content (AvgIpc) is 2.85. The number of benzene rings is 1. The smallest absolute Gasteiger partial charge is 0.339 e. The lowest BCUT2D eigenvalue weighted by molar-refractivity contribution is 0.0386. The highest BCUT2D eigenvalue weighted by atomic mass is 35.5. The van der Waals surface area contributed by atoms with Gasteiger partial charge in [-0.2, -0.15) is 0 Å². The fourth-order valence-corrected chi connectivity index (χ4v) is 2.13. The maximum absolute atomic E-state index is 11.8. The molecule has 1 aromatic rings. The Hall–Kier alpha value is -1.26. The SMILES string of the molecule is Nc1ccc(Cl)c(C(=O)OCCC2CCCO2)c1. The summed E-state index contributed by atoms with van der Waals surface area (Å²) in [5.74, 6) is -0.440. The van der Waals surface area contributed by atoms with Gasteiger partial charge < -0.3 is 15.2 Å². The third kappa shape index (κ3) is 3.37. The van der Waals surface area contributed by atoms with Crippen LogP contribution in [0.15, 0.2) is 18.2 Å². The maximum atomic E-state index is 11.8. The molecule has 0 aliphatic carbocycles. The minimum Gasteiger partial charge on any atom is -0.462 e. The fraction of sp³-hybridized carbons (Fsp3) is 0.462. The number of ether oxygens (including phenoxy) is 2. The van der Waals surface area contributed by atoms with Crippen LogP contribution < -0.4 is 5.73 Å². The largest absolute Gasteiger partial charge is 0.462 e. The number of esters is 1. The van der Waals surface area contributed by atoms with Crippen LogP contribution in [0.5, 0.6) is 0 Å². The highest BCUT2D eigenvalue weighted by molar-refractivity contribution is 6.33. The molecule has 0 amide bonds. The van der Waals surface area contributed by atoms with Crippen molar-refractivity contribution in [1.82, 2.24) is 0 Å². The Morgan fingerprint density at radius 2 is 2.39 bits per heavy atom. The van der Waals surface area contributed by atoms with Gasteiger partial charge in [-0.15, -0.1) is 0 Å². The predicted octanol–water partition coefficient (Wildman–Crippen LogP) is 2.65. The van der Waals surface area contributed by atoms with E-state index in [0.717, 1.165) is 25.9 Å². The van der Waals surface area contributed by atoms with Crippen molar-refractivity contribution < 1.29 is 14.3 Å². The van der Waals surface area contributed by atoms with E-state index in [2.05, 4.69) is 0 Å². The van der Waals surface area contributed by atoms with Gasteiger partial charge in [0.25, 0.3) is 0 Å². The molecule has 18 heavy (non-hydrogen) atoms. The molecule has 2 N–H and O–H groups in total. The molecular formula is C13H16ClNO3. The molecule has 1 aliphatic rings. The van der Waals surface area contributed by atoms with Crippen LogP contribution in [-0.4, -0.2) is 25.3 Å². The summed E-state index contributed by atoms with van der Waals surface area (Å²) in [7, 11) is 0. The maximum Gasteiger partial charge on any atom is 0.339 e. The molecule has 0 spiro atoms. The molecule has 1 unspecified atom stereocenters. The molecule has 4 nitrogen and oxygen atoms in total. The number of hydrogen-bond acceptors (Lipinski definition) is 4. The molecule has 0 radical (unpaired) electrons. The van der Waals surface area contributed by atoms with Gasteiger partial charge in [0, 0.05) is 18.7 Å². The molecule has 1 heterocycles. The van der Waals surface area contributed by atoms with Crippen LogP contribution in [0.2, 0.25) is 5.02 Å². The summed E-state index contributed by atoms with van der Waals surface area (Å²) in [6.07, 6.45) is 3.07. The second-order valence-corrected chi connectivity index (χ2v) is 4.71. The normalized spacial score (nSPS) is 18.8. The van der Waals surface area contributed by atoms with Gasteiger partial charge in [-0.1, -0.05) is 11.6 Å². The zero-order valence-electron chi connectivity index (χ0n) is 10.0. The topological polar surface area (TPSA) is 61.6 Å². The Balaban J connectivity index is 1.85. The van der Waals surface area contributed by atoms with Gasteiger partial charge in [0.1, 0.15) is 0 Å². The second-order valence-electron chi connectivity index (χ2n) is 4.30. The van der Waals surface area contributed by atoms with Crippen LogP contribution in [-0.2, 0) is 9.47 Å². The first-order valence-corrected chi connectivity index (χ1v) is 6.38. The van der Waals surface area contributed by atoms with E-state index in [1.807, 2.05) is 0 Å². The molecule has 5 heteroatoms. The predicted molar refractivity (Wildman–Crippen MR) is 69.7 cm³/mol. The van der Waals surface area contributed by atoms with E-state index in [9.17, 15) is 4.79 Å². The number of hydrogen-bond donors (Lipinski definition) is 1. The van der Waals surface area contributed by atoms with Crippen LogP contribution in [0.1, 0.15) is 29.6 Å². The first-order valence-electron chi connectivity index (χ1n) is 6.00. The molecule has 98 valence electrons. The highest BCUT2D eigenvalue weighted by Gasteiger charge is 2.17. The summed E-state index contributed by atoms with van der Waals surface area (Å²) in [5, 5.41) is 0.353. The Morgan fingerprint density at radius 1 is 1.56 bits per heavy atom. The zero-order valence-corrected chi connectivity index (χ0v) is 10.8. The fourth-order valence-electron chi connectivity index (χ4n) is 1.93. The number of rotatable bonds is 4. The van der Waals surface area contributed by atoms with Crippen LogP contribution in [0.3, 0.4) is 0 Å². The summed E-state index contributed by atoms with van der Waals surface area (Å²) >= 11 is 5.92. The van der Waals surface area contributed by atoms with Crippen molar-refractivity contribution >= 4 is 23.3 Å². The zero-order chi connectivity index (χ0) is 13.0. The van der Waals surface area contributed by atoms with E-state index in [0.29, 0.717) is 22.9 Å². The molecule has 1 aromatic carbocycles. The minimum absolute atomic E-state index is 0.217. The Bertz CT molecular complexity index is 430. The Kier molecular flexibility index (Phi) is 4.44. The van der Waals surface area contributed by atoms with Crippen LogP contribution >= 0.6 is 11.6 Å². The summed E-state index contributed by atoms with van der Waals surface area (Å²) in [6, 6.07) is 4.76. The van der Waals surface area contributed by atoms with Crippen molar-refractivity contribution in [3.8, 4) is 0 Å². The van der Waals surface area contributed by atoms with Gasteiger partial charge in [0.05, 0.1) is 23.3 Å². The molecular weight excluding hydrogens is 254 g/mol. The lowest BCUT2D eigenvalue weighted by Gasteiger charge is -2.10. The number of nitrogens with two attached hydrogens (primary N) is 1. The van der Waals surface area contributed by atoms with E-state index in [1.54, 1.807) is 12.1 Å². The minimum atomic E-state index is -0.440. The molecule has 1 fully saturated rings. The van der Waals surface area contributed by atoms with Crippen LogP contribution in [0.25, 0.3) is 0 Å². The van der Waals surface area contributed by atoms with Crippen LogP contribution in [0.4, 0.5) is 5.69 Å². The van der Waals surface area contributed by atoms with E-state index < -0.39 is 5.97 Å². The van der Waals surface area contributed by atoms with Crippen molar-refractivity contribution in [2.75, 3.05) is 18.9 Å². The van der Waals surface area contributed by atoms with Gasteiger partial charge in [0.2, 0.25) is 0 Å². The number of halogens is 1. The third-order valence-corrected chi connectivity index (χ3v) is 3.24. The van der Waals surface area contributed by atoms with Gasteiger partial charge >= 0.3 is 5.97 Å². The first kappa shape index (κ1) is 13.2. The van der Waals surface area contributed by atoms with E-state index in [1.165, 1.54) is 6.07 Å². The Labute approximate surface area is 111 Å². The summed E-state index contributed by atoms with van der Waals surface area (Å²) < 4.78 is 10.6. The summed E-state index contributed by atoms with van der Waals surface area (Å²) in [5.41, 5.74) is 6.41. The first-order chi connectivity index (χ1) is 8.66. The molecule has 0 bridgehead atoms. The standard InChI is InChI=1S/C13H16ClNO3/c14-12-4-3-9(15)8-11(12)13(16)18-7-5-10-2-1-6-17-10/h3-4,8,10H,1-2,5-7,15H2. The molecule has 0 saturated carbocycles. The number of carbonyl (C=O) groups is 1. The van der Waals surface area contributed by atoms with Gasteiger partial charge in [0.15, 0.2) is 0 Å². The monoisotopic (exact) mass is 269 g/mol. The molecule has 2 rings (SSSR count). The van der Waals surface area contributed by atoms with Crippen LogP contribution in [0, 0.1) is 0 Å². The van der Waals surface area contributed by atoms with Gasteiger partial charge in [-0.25, -0.2) is 4.79 Å². The van der Waals surface area contributed by atoms with E-state index >= 15 is 0 Å². The molecule has 1 atom stereocenters. The van der Waals surface area contributed by atoms with Crippen molar-refractivity contribution in [2.24, 2.45) is 0 Å². The van der Waals surface area contributed by atoms with Gasteiger partial charge in [-0.05, 0) is 31.0 Å². The van der Waals surface area contributed by atoms with E-state index in [4.69, 9.17) is 26.8 Å². The number of anilines is 1. The molecule has 0 aromatic heterocycles. The third-order valence-electron chi connectivity index (χ3n) is 2.91. The summed E-state index contributed by atoms with van der Waals surface area (Å²) in [4.78, 5) is 11.8. The van der Waals surface area contributed by atoms with Crippen molar-refractivity contribution in [3.05, 3.63) is 28.8 Å². The van der Waals surface area contributed by atoms with Crippen molar-refractivity contribution in [2.45, 2.75) is 25.4 Å². The number of carbonyl (C=O) groups excluding carboxylic acids is 1. The lowest BCUT2D eigenvalue weighted by atomic mass is 10.2. The highest BCUT2D eigenvalue weighted by Crippen LogP contribution is 2.20. The number of nitrogen functional groups attached to an aromatic ring is 1. The lowest BCUT2D eigenvalue weighted by Crippen LogP contribution is -2.13. The Morgan fingerprint density at radius 3 is 3.11 bits per heavy atom. The molecule has 1 aliphatic heterocycles. The molecule has 1 saturated heterocycles. The van der Waals surface area contributed by atoms with Crippen molar-refractivity contribution in [3.63, 3.8) is 0 Å². The second kappa shape index (κ2) is 6.07. The van der Waals surface area contributed by atoms with Crippen molar-refractivity contribution in [1.29, 1.82) is 0 Å². The quantitative estimate of drug-likeness (QED) is 0.674. The van der Waals surface area contributed by atoms with Gasteiger partial charge in [-0.3, -0.25) is 0 Å². The average molecular weight is 270 g/mol.